The van der Waals surface area contributed by atoms with Crippen molar-refractivity contribution < 1.29 is 5.11 Å². The first kappa shape index (κ1) is 10.3. The second-order valence-corrected chi connectivity index (χ2v) is 10.9. The molecular weight excluding hydrogens is 164 g/mol. The Morgan fingerprint density at radius 3 is 2.17 bits per heavy atom. The number of hydrogen-bond donors (Lipinski definition) is 1. The summed E-state index contributed by atoms with van der Waals surface area (Å²) >= 11 is 0. The highest BCUT2D eigenvalue weighted by Crippen LogP contribution is 2.39. The third-order valence-corrected chi connectivity index (χ3v) is 6.09. The molecule has 1 rings (SSSR count). The maximum Gasteiger partial charge on any atom is 0.0547 e. The van der Waals surface area contributed by atoms with Gasteiger partial charge in [-0.1, -0.05) is 39.4 Å². The monoisotopic (exact) mass is 186 g/mol. The Morgan fingerprint density at radius 2 is 1.75 bits per heavy atom. The number of aliphatic hydroxyl groups is 1. The van der Waals surface area contributed by atoms with Gasteiger partial charge in [-0.05, 0) is 17.9 Å². The molecule has 0 heterocycles. The van der Waals surface area contributed by atoms with Gasteiger partial charge in [0.25, 0.3) is 0 Å². The molecule has 1 nitrogen and oxygen atoms in total. The average Bonchev–Trinajstić information content (AvgIpc) is 1.83. The van der Waals surface area contributed by atoms with Gasteiger partial charge in [-0.3, -0.25) is 0 Å². The number of hydrogen-bond acceptors (Lipinski definition) is 1. The van der Waals surface area contributed by atoms with E-state index in [1.807, 2.05) is 0 Å². The Bertz CT molecular complexity index is 150. The average molecular weight is 186 g/mol. The molecule has 0 radical (unpaired) electrons. The van der Waals surface area contributed by atoms with Gasteiger partial charge in [-0.2, -0.15) is 0 Å². The van der Waals surface area contributed by atoms with Crippen molar-refractivity contribution in [2.24, 2.45) is 5.92 Å². The van der Waals surface area contributed by atoms with Crippen LogP contribution in [0.3, 0.4) is 0 Å². The second kappa shape index (κ2) is 3.50. The van der Waals surface area contributed by atoms with Crippen LogP contribution in [-0.2, 0) is 0 Å². The van der Waals surface area contributed by atoms with E-state index < -0.39 is 8.07 Å². The summed E-state index contributed by atoms with van der Waals surface area (Å²) in [5.74, 6) is 0.743. The molecule has 0 aromatic heterocycles. The fourth-order valence-corrected chi connectivity index (χ4v) is 4.68. The molecule has 1 saturated carbocycles. The molecule has 1 fully saturated rings. The molecule has 0 aliphatic heterocycles. The van der Waals surface area contributed by atoms with Crippen LogP contribution in [0.25, 0.3) is 0 Å². The van der Waals surface area contributed by atoms with E-state index in [-0.39, 0.29) is 6.10 Å². The van der Waals surface area contributed by atoms with Gasteiger partial charge in [0, 0.05) is 0 Å². The van der Waals surface area contributed by atoms with Crippen molar-refractivity contribution in [1.29, 1.82) is 0 Å². The van der Waals surface area contributed by atoms with Gasteiger partial charge >= 0.3 is 0 Å². The summed E-state index contributed by atoms with van der Waals surface area (Å²) in [7, 11) is -1.10. The standard InChI is InChI=1S/C10H22OSi/c1-8-5-6-10(9(11)7-8)12(2,3)4/h8-11H,5-7H2,1-4H3/t8-,9+,10+/m1/s1. The molecule has 1 N–H and O–H groups in total. The van der Waals surface area contributed by atoms with E-state index in [9.17, 15) is 5.11 Å². The third-order valence-electron chi connectivity index (χ3n) is 3.19. The predicted molar refractivity (Wildman–Crippen MR) is 56.1 cm³/mol. The summed E-state index contributed by atoms with van der Waals surface area (Å²) in [4.78, 5) is 0. The maximum atomic E-state index is 9.91. The van der Waals surface area contributed by atoms with E-state index in [1.165, 1.54) is 12.8 Å². The van der Waals surface area contributed by atoms with Crippen LogP contribution < -0.4 is 0 Å². The molecule has 12 heavy (non-hydrogen) atoms. The van der Waals surface area contributed by atoms with E-state index in [0.717, 1.165) is 12.3 Å². The Labute approximate surface area is 77.2 Å². The van der Waals surface area contributed by atoms with Crippen LogP contribution in [-0.4, -0.2) is 19.3 Å². The van der Waals surface area contributed by atoms with E-state index in [1.54, 1.807) is 0 Å². The first-order chi connectivity index (χ1) is 5.41. The van der Waals surface area contributed by atoms with Gasteiger partial charge in [0.2, 0.25) is 0 Å². The summed E-state index contributed by atoms with van der Waals surface area (Å²) in [6.45, 7) is 9.37. The molecule has 0 amide bonds. The predicted octanol–water partition coefficient (Wildman–Crippen LogP) is 2.88. The van der Waals surface area contributed by atoms with Crippen molar-refractivity contribution in [3.8, 4) is 0 Å². The van der Waals surface area contributed by atoms with E-state index in [0.29, 0.717) is 5.54 Å². The zero-order valence-electron chi connectivity index (χ0n) is 8.80. The summed E-state index contributed by atoms with van der Waals surface area (Å²) in [6.07, 6.45) is 3.62. The van der Waals surface area contributed by atoms with Crippen molar-refractivity contribution in [2.45, 2.75) is 57.5 Å². The second-order valence-electron chi connectivity index (χ2n) is 5.46. The maximum absolute atomic E-state index is 9.91. The molecule has 1 aliphatic rings. The highest BCUT2D eigenvalue weighted by atomic mass is 28.3. The zero-order chi connectivity index (χ0) is 9.35. The van der Waals surface area contributed by atoms with Gasteiger partial charge in [0.1, 0.15) is 0 Å². The molecule has 1 aliphatic carbocycles. The minimum Gasteiger partial charge on any atom is -0.393 e. The van der Waals surface area contributed by atoms with Crippen LogP contribution in [0.15, 0.2) is 0 Å². The summed E-state index contributed by atoms with van der Waals surface area (Å²) in [5, 5.41) is 9.91. The lowest BCUT2D eigenvalue weighted by Crippen LogP contribution is -2.39. The fourth-order valence-electron chi connectivity index (χ4n) is 2.36. The normalized spacial score (nSPS) is 38.2. The van der Waals surface area contributed by atoms with Crippen LogP contribution in [0.2, 0.25) is 25.2 Å². The minimum absolute atomic E-state index is 0.000386. The van der Waals surface area contributed by atoms with Crippen molar-refractivity contribution >= 4 is 8.07 Å². The third kappa shape index (κ3) is 2.33. The first-order valence-electron chi connectivity index (χ1n) is 5.09. The molecule has 0 spiro atoms. The van der Waals surface area contributed by atoms with Crippen LogP contribution in [0.1, 0.15) is 26.2 Å². The Hall–Kier alpha value is 0.177. The van der Waals surface area contributed by atoms with Crippen LogP contribution in [0, 0.1) is 5.92 Å². The summed E-state index contributed by atoms with van der Waals surface area (Å²) in [6, 6.07) is 0. The van der Waals surface area contributed by atoms with Gasteiger partial charge in [0.05, 0.1) is 14.2 Å². The molecule has 0 aromatic carbocycles. The van der Waals surface area contributed by atoms with E-state index >= 15 is 0 Å². The van der Waals surface area contributed by atoms with Gasteiger partial charge in [-0.25, -0.2) is 0 Å². The van der Waals surface area contributed by atoms with Gasteiger partial charge in [0.15, 0.2) is 0 Å². The lowest BCUT2D eigenvalue weighted by Gasteiger charge is -2.38. The topological polar surface area (TPSA) is 20.2 Å². The fraction of sp³-hybridized carbons (Fsp3) is 1.00. The van der Waals surface area contributed by atoms with Crippen molar-refractivity contribution in [3.05, 3.63) is 0 Å². The highest BCUT2D eigenvalue weighted by molar-refractivity contribution is 6.77. The molecule has 72 valence electrons. The van der Waals surface area contributed by atoms with Gasteiger partial charge < -0.3 is 5.11 Å². The lowest BCUT2D eigenvalue weighted by atomic mass is 9.88. The summed E-state index contributed by atoms with van der Waals surface area (Å²) < 4.78 is 0. The highest BCUT2D eigenvalue weighted by Gasteiger charge is 2.36. The van der Waals surface area contributed by atoms with Crippen LogP contribution >= 0.6 is 0 Å². The molecular formula is C10H22OSi. The Balaban J connectivity index is 2.57. The van der Waals surface area contributed by atoms with Crippen LogP contribution in [0.5, 0.6) is 0 Å². The zero-order valence-corrected chi connectivity index (χ0v) is 9.80. The van der Waals surface area contributed by atoms with Crippen LogP contribution in [0.4, 0.5) is 0 Å². The van der Waals surface area contributed by atoms with E-state index in [4.69, 9.17) is 0 Å². The van der Waals surface area contributed by atoms with Crippen molar-refractivity contribution in [1.82, 2.24) is 0 Å². The molecule has 2 heteroatoms. The summed E-state index contributed by atoms with van der Waals surface area (Å²) in [5.41, 5.74) is 0.647. The molecule has 0 unspecified atom stereocenters. The lowest BCUT2D eigenvalue weighted by molar-refractivity contribution is 0.104. The van der Waals surface area contributed by atoms with Gasteiger partial charge in [-0.15, -0.1) is 0 Å². The smallest absolute Gasteiger partial charge is 0.0547 e. The quantitative estimate of drug-likeness (QED) is 0.624. The SMILES string of the molecule is C[C@@H]1CC[C@H]([Si](C)(C)C)[C@@H](O)C1. The Kier molecular flexibility index (Phi) is 3.00. The van der Waals surface area contributed by atoms with Crippen molar-refractivity contribution in [3.63, 3.8) is 0 Å². The van der Waals surface area contributed by atoms with E-state index in [2.05, 4.69) is 26.6 Å². The molecule has 0 bridgehead atoms. The molecule has 0 saturated heterocycles. The number of rotatable bonds is 1. The first-order valence-corrected chi connectivity index (χ1v) is 8.67. The van der Waals surface area contributed by atoms with Crippen molar-refractivity contribution in [2.75, 3.05) is 0 Å². The largest absolute Gasteiger partial charge is 0.393 e. The Morgan fingerprint density at radius 1 is 1.17 bits per heavy atom. The minimum atomic E-state index is -1.10. The molecule has 3 atom stereocenters. The molecule has 0 aromatic rings. The number of aliphatic hydroxyl groups excluding tert-OH is 1.